The van der Waals surface area contributed by atoms with Crippen molar-refractivity contribution in [3.8, 4) is 0 Å². The summed E-state index contributed by atoms with van der Waals surface area (Å²) in [6.45, 7) is 6.57. The van der Waals surface area contributed by atoms with E-state index in [1.165, 1.54) is 41.9 Å². The molecule has 0 radical (unpaired) electrons. The summed E-state index contributed by atoms with van der Waals surface area (Å²) in [7, 11) is 0. The average molecular weight is 251 g/mol. The second-order valence-electron chi connectivity index (χ2n) is 4.34. The smallest absolute Gasteiger partial charge is 0.0216 e. The number of nitrogens with one attached hydrogen (secondary N) is 1. The number of hydrogen-bond donors (Lipinski definition) is 1. The zero-order chi connectivity index (χ0) is 12.3. The van der Waals surface area contributed by atoms with Gasteiger partial charge in [0.25, 0.3) is 0 Å². The Morgan fingerprint density at radius 2 is 1.88 bits per heavy atom. The predicted octanol–water partition coefficient (Wildman–Crippen LogP) is 4.47. The molecule has 0 spiro atoms. The highest BCUT2D eigenvalue weighted by atomic mass is 32.2. The monoisotopic (exact) mass is 251 g/mol. The standard InChI is InChI=1S/C15H25NS/c1-3-5-8-12-17-15-10-7-6-9-14(15)13-16-11-4-2/h6-7,9-10,16H,3-5,8,11-13H2,1-2H3. The molecular formula is C15H25NS. The van der Waals surface area contributed by atoms with E-state index >= 15 is 0 Å². The van der Waals surface area contributed by atoms with Crippen molar-refractivity contribution in [1.82, 2.24) is 5.32 Å². The van der Waals surface area contributed by atoms with Crippen LogP contribution in [0, 0.1) is 0 Å². The van der Waals surface area contributed by atoms with Gasteiger partial charge in [0.1, 0.15) is 0 Å². The third-order valence-corrected chi connectivity index (χ3v) is 3.92. The first kappa shape index (κ1) is 14.6. The Kier molecular flexibility index (Phi) is 8.20. The molecular weight excluding hydrogens is 226 g/mol. The Morgan fingerprint density at radius 3 is 2.65 bits per heavy atom. The molecule has 0 aliphatic heterocycles. The van der Waals surface area contributed by atoms with Gasteiger partial charge in [-0.2, -0.15) is 0 Å². The van der Waals surface area contributed by atoms with Crippen LogP contribution < -0.4 is 5.32 Å². The van der Waals surface area contributed by atoms with Gasteiger partial charge in [0.2, 0.25) is 0 Å². The van der Waals surface area contributed by atoms with Crippen LogP contribution in [0.25, 0.3) is 0 Å². The van der Waals surface area contributed by atoms with Gasteiger partial charge in [-0.25, -0.2) is 0 Å². The van der Waals surface area contributed by atoms with Crippen molar-refractivity contribution in [3.63, 3.8) is 0 Å². The third kappa shape index (κ3) is 6.13. The molecule has 0 fully saturated rings. The first-order chi connectivity index (χ1) is 8.38. The summed E-state index contributed by atoms with van der Waals surface area (Å²) in [5, 5.41) is 3.48. The van der Waals surface area contributed by atoms with Crippen molar-refractivity contribution in [2.45, 2.75) is 51.0 Å². The number of benzene rings is 1. The van der Waals surface area contributed by atoms with Crippen molar-refractivity contribution in [2.75, 3.05) is 12.3 Å². The molecule has 0 bridgehead atoms. The molecule has 0 atom stereocenters. The molecule has 0 saturated carbocycles. The summed E-state index contributed by atoms with van der Waals surface area (Å²) in [6, 6.07) is 8.77. The maximum Gasteiger partial charge on any atom is 0.0216 e. The molecule has 1 nitrogen and oxygen atoms in total. The molecule has 0 unspecified atom stereocenters. The predicted molar refractivity (Wildman–Crippen MR) is 78.7 cm³/mol. The van der Waals surface area contributed by atoms with Gasteiger partial charge in [-0.15, -0.1) is 11.8 Å². The van der Waals surface area contributed by atoms with Crippen LogP contribution in [-0.2, 0) is 6.54 Å². The number of rotatable bonds is 9. The van der Waals surface area contributed by atoms with Crippen LogP contribution >= 0.6 is 11.8 Å². The van der Waals surface area contributed by atoms with Crippen LogP contribution in [0.4, 0.5) is 0 Å². The second kappa shape index (κ2) is 9.55. The van der Waals surface area contributed by atoms with E-state index in [0.717, 1.165) is 13.1 Å². The van der Waals surface area contributed by atoms with Crippen LogP contribution in [0.2, 0.25) is 0 Å². The zero-order valence-electron chi connectivity index (χ0n) is 11.2. The zero-order valence-corrected chi connectivity index (χ0v) is 12.0. The minimum atomic E-state index is 1.00. The molecule has 0 heterocycles. The Bertz CT molecular complexity index is 299. The summed E-state index contributed by atoms with van der Waals surface area (Å²) in [5.74, 6) is 1.25. The average Bonchev–Trinajstić information content (AvgIpc) is 2.36. The van der Waals surface area contributed by atoms with Crippen LogP contribution in [0.15, 0.2) is 29.2 Å². The van der Waals surface area contributed by atoms with Crippen LogP contribution in [0.3, 0.4) is 0 Å². The number of thioether (sulfide) groups is 1. The summed E-state index contributed by atoms with van der Waals surface area (Å²) in [6.07, 6.45) is 5.19. The first-order valence-electron chi connectivity index (χ1n) is 6.80. The first-order valence-corrected chi connectivity index (χ1v) is 7.78. The number of unbranched alkanes of at least 4 members (excludes halogenated alkanes) is 2. The van der Waals surface area contributed by atoms with E-state index in [0.29, 0.717) is 0 Å². The van der Waals surface area contributed by atoms with E-state index in [2.05, 4.69) is 43.4 Å². The fourth-order valence-corrected chi connectivity index (χ4v) is 2.79. The van der Waals surface area contributed by atoms with E-state index in [-0.39, 0.29) is 0 Å². The summed E-state index contributed by atoms with van der Waals surface area (Å²) in [5.41, 5.74) is 1.45. The number of hydrogen-bond acceptors (Lipinski definition) is 2. The SMILES string of the molecule is CCCCCSc1ccccc1CNCCC. The van der Waals surface area contributed by atoms with Crippen molar-refractivity contribution < 1.29 is 0 Å². The highest BCUT2D eigenvalue weighted by Crippen LogP contribution is 2.23. The van der Waals surface area contributed by atoms with Gasteiger partial charge >= 0.3 is 0 Å². The molecule has 1 N–H and O–H groups in total. The van der Waals surface area contributed by atoms with Gasteiger partial charge in [0.05, 0.1) is 0 Å². The fourth-order valence-electron chi connectivity index (χ4n) is 1.72. The summed E-state index contributed by atoms with van der Waals surface area (Å²) in [4.78, 5) is 1.45. The Hall–Kier alpha value is -0.470. The molecule has 17 heavy (non-hydrogen) atoms. The molecule has 0 saturated heterocycles. The molecule has 1 aromatic rings. The third-order valence-electron chi connectivity index (χ3n) is 2.72. The molecule has 96 valence electrons. The summed E-state index contributed by atoms with van der Waals surface area (Å²) >= 11 is 2.01. The van der Waals surface area contributed by atoms with Crippen molar-refractivity contribution in [3.05, 3.63) is 29.8 Å². The Labute approximate surface area is 110 Å². The lowest BCUT2D eigenvalue weighted by Crippen LogP contribution is -2.14. The van der Waals surface area contributed by atoms with Crippen molar-refractivity contribution >= 4 is 11.8 Å². The molecule has 1 rings (SSSR count). The molecule has 0 aliphatic rings. The van der Waals surface area contributed by atoms with Crippen LogP contribution in [0.1, 0.15) is 45.1 Å². The largest absolute Gasteiger partial charge is 0.313 e. The maximum absolute atomic E-state index is 3.48. The molecule has 1 aromatic carbocycles. The van der Waals surface area contributed by atoms with Gasteiger partial charge in [0, 0.05) is 11.4 Å². The topological polar surface area (TPSA) is 12.0 Å². The van der Waals surface area contributed by atoms with E-state index in [9.17, 15) is 0 Å². The van der Waals surface area contributed by atoms with Gasteiger partial charge in [-0.1, -0.05) is 44.9 Å². The van der Waals surface area contributed by atoms with E-state index in [1.807, 2.05) is 11.8 Å². The van der Waals surface area contributed by atoms with E-state index < -0.39 is 0 Å². The van der Waals surface area contributed by atoms with Crippen LogP contribution in [-0.4, -0.2) is 12.3 Å². The quantitative estimate of drug-likeness (QED) is 0.513. The van der Waals surface area contributed by atoms with Crippen molar-refractivity contribution in [1.29, 1.82) is 0 Å². The lowest BCUT2D eigenvalue weighted by Gasteiger charge is -2.09. The van der Waals surface area contributed by atoms with Gasteiger partial charge in [-0.05, 0) is 36.8 Å². The van der Waals surface area contributed by atoms with E-state index in [1.54, 1.807) is 0 Å². The highest BCUT2D eigenvalue weighted by Gasteiger charge is 2.01. The van der Waals surface area contributed by atoms with E-state index in [4.69, 9.17) is 0 Å². The maximum atomic E-state index is 3.48. The Morgan fingerprint density at radius 1 is 1.06 bits per heavy atom. The molecule has 0 amide bonds. The second-order valence-corrected chi connectivity index (χ2v) is 5.48. The minimum Gasteiger partial charge on any atom is -0.313 e. The van der Waals surface area contributed by atoms with Gasteiger partial charge < -0.3 is 5.32 Å². The Balaban J connectivity index is 2.40. The van der Waals surface area contributed by atoms with Gasteiger partial charge in [-0.3, -0.25) is 0 Å². The molecule has 0 aliphatic carbocycles. The molecule has 0 aromatic heterocycles. The molecule has 2 heteroatoms. The minimum absolute atomic E-state index is 1.00. The van der Waals surface area contributed by atoms with Gasteiger partial charge in [0.15, 0.2) is 0 Å². The lowest BCUT2D eigenvalue weighted by molar-refractivity contribution is 0.669. The van der Waals surface area contributed by atoms with Crippen LogP contribution in [0.5, 0.6) is 0 Å². The van der Waals surface area contributed by atoms with Crippen molar-refractivity contribution in [2.24, 2.45) is 0 Å². The highest BCUT2D eigenvalue weighted by molar-refractivity contribution is 7.99. The summed E-state index contributed by atoms with van der Waals surface area (Å²) < 4.78 is 0. The lowest BCUT2D eigenvalue weighted by atomic mass is 10.2. The fraction of sp³-hybridized carbons (Fsp3) is 0.600. The normalized spacial score (nSPS) is 10.7.